The fraction of sp³-hybridized carbons (Fsp3) is 0.652. The molecule has 2 amide bonds. The van der Waals surface area contributed by atoms with Crippen molar-refractivity contribution >= 4 is 17.5 Å². The smallest absolute Gasteiger partial charge is 0.258 e. The number of aliphatic hydroxyl groups is 1. The van der Waals surface area contributed by atoms with Crippen LogP contribution in [-0.4, -0.2) is 85.9 Å². The first-order valence-corrected chi connectivity index (χ1v) is 11.1. The van der Waals surface area contributed by atoms with Crippen LogP contribution in [0.2, 0.25) is 0 Å². The SMILES string of the molecule is C[C@H]1CN([C@@H](C)CO)C(=O)c2cccc(NC(=O)C3CCOCC3)c2O[C@H]1CN(C)C. The third-order valence-corrected chi connectivity index (χ3v) is 6.09. The molecule has 8 heteroatoms. The van der Waals surface area contributed by atoms with Crippen molar-refractivity contribution in [3.63, 3.8) is 0 Å². The fourth-order valence-electron chi connectivity index (χ4n) is 4.11. The molecule has 0 radical (unpaired) electrons. The molecular formula is C23H35N3O5. The highest BCUT2D eigenvalue weighted by Gasteiger charge is 2.34. The zero-order valence-electron chi connectivity index (χ0n) is 19.0. The molecule has 0 aromatic heterocycles. The Morgan fingerprint density at radius 3 is 2.68 bits per heavy atom. The molecule has 0 saturated carbocycles. The zero-order valence-corrected chi connectivity index (χ0v) is 19.0. The molecule has 1 aromatic carbocycles. The van der Waals surface area contributed by atoms with Crippen molar-refractivity contribution in [2.45, 2.75) is 38.8 Å². The highest BCUT2D eigenvalue weighted by atomic mass is 16.5. The molecule has 1 saturated heterocycles. The van der Waals surface area contributed by atoms with Crippen molar-refractivity contribution in [3.05, 3.63) is 23.8 Å². The lowest BCUT2D eigenvalue weighted by molar-refractivity contribution is -0.122. The summed E-state index contributed by atoms with van der Waals surface area (Å²) in [5.74, 6) is 0.0481. The van der Waals surface area contributed by atoms with Gasteiger partial charge in [-0.05, 0) is 46.0 Å². The van der Waals surface area contributed by atoms with Gasteiger partial charge < -0.3 is 29.7 Å². The van der Waals surface area contributed by atoms with Gasteiger partial charge in [0.15, 0.2) is 5.75 Å². The molecule has 172 valence electrons. The average molecular weight is 434 g/mol. The van der Waals surface area contributed by atoms with Crippen LogP contribution >= 0.6 is 0 Å². The summed E-state index contributed by atoms with van der Waals surface area (Å²) in [5.41, 5.74) is 0.914. The number of rotatable bonds is 6. The van der Waals surface area contributed by atoms with Gasteiger partial charge in [0.1, 0.15) is 6.10 Å². The third kappa shape index (κ3) is 5.56. The van der Waals surface area contributed by atoms with Gasteiger partial charge in [-0.25, -0.2) is 0 Å². The number of ether oxygens (including phenoxy) is 2. The summed E-state index contributed by atoms with van der Waals surface area (Å²) in [5, 5.41) is 12.7. The maximum absolute atomic E-state index is 13.4. The van der Waals surface area contributed by atoms with Crippen molar-refractivity contribution in [3.8, 4) is 5.75 Å². The standard InChI is InChI=1S/C23H35N3O5/c1-15-12-26(16(2)14-27)23(29)18-6-5-7-19(21(18)31-20(15)13-25(3)4)24-22(28)17-8-10-30-11-9-17/h5-7,15-17,20,27H,8-14H2,1-4H3,(H,24,28)/t15-,16-,20-/m0/s1. The summed E-state index contributed by atoms with van der Waals surface area (Å²) in [4.78, 5) is 30.0. The topological polar surface area (TPSA) is 91.3 Å². The summed E-state index contributed by atoms with van der Waals surface area (Å²) >= 11 is 0. The van der Waals surface area contributed by atoms with Gasteiger partial charge in [-0.15, -0.1) is 0 Å². The number of hydrogen-bond acceptors (Lipinski definition) is 6. The second-order valence-electron chi connectivity index (χ2n) is 8.94. The maximum atomic E-state index is 13.4. The first kappa shape index (κ1) is 23.5. The van der Waals surface area contributed by atoms with Gasteiger partial charge in [0.2, 0.25) is 5.91 Å². The van der Waals surface area contributed by atoms with E-state index >= 15 is 0 Å². The van der Waals surface area contributed by atoms with Crippen LogP contribution in [0.3, 0.4) is 0 Å². The van der Waals surface area contributed by atoms with Gasteiger partial charge in [0.05, 0.1) is 23.9 Å². The summed E-state index contributed by atoms with van der Waals surface area (Å²) < 4.78 is 11.8. The van der Waals surface area contributed by atoms with Crippen molar-refractivity contribution in [2.75, 3.05) is 52.3 Å². The molecule has 2 aliphatic rings. The van der Waals surface area contributed by atoms with Gasteiger partial charge in [0, 0.05) is 38.1 Å². The van der Waals surface area contributed by atoms with Crippen LogP contribution in [0.5, 0.6) is 5.75 Å². The number of para-hydroxylation sites is 1. The Bertz CT molecular complexity index is 778. The first-order valence-electron chi connectivity index (χ1n) is 11.1. The third-order valence-electron chi connectivity index (χ3n) is 6.09. The number of carbonyl (C=O) groups excluding carboxylic acids is 2. The second-order valence-corrected chi connectivity index (χ2v) is 8.94. The van der Waals surface area contributed by atoms with E-state index in [9.17, 15) is 14.7 Å². The number of benzene rings is 1. The molecule has 0 bridgehead atoms. The molecule has 31 heavy (non-hydrogen) atoms. The maximum Gasteiger partial charge on any atom is 0.258 e. The lowest BCUT2D eigenvalue weighted by Gasteiger charge is -2.38. The number of anilines is 1. The van der Waals surface area contributed by atoms with Crippen LogP contribution in [0.25, 0.3) is 0 Å². The number of nitrogens with zero attached hydrogens (tertiary/aromatic N) is 2. The van der Waals surface area contributed by atoms with Crippen LogP contribution in [0.15, 0.2) is 18.2 Å². The van der Waals surface area contributed by atoms with Crippen LogP contribution in [0, 0.1) is 11.8 Å². The van der Waals surface area contributed by atoms with Gasteiger partial charge in [0.25, 0.3) is 5.91 Å². The lowest BCUT2D eigenvalue weighted by Crippen LogP contribution is -2.49. The highest BCUT2D eigenvalue weighted by Crippen LogP contribution is 2.35. The van der Waals surface area contributed by atoms with Crippen LogP contribution in [-0.2, 0) is 9.53 Å². The average Bonchev–Trinajstić information content (AvgIpc) is 2.76. The minimum absolute atomic E-state index is 0.0350. The quantitative estimate of drug-likeness (QED) is 0.711. The first-order chi connectivity index (χ1) is 14.8. The molecule has 2 N–H and O–H groups in total. The van der Waals surface area contributed by atoms with Crippen molar-refractivity contribution in [1.29, 1.82) is 0 Å². The molecule has 1 fully saturated rings. The summed E-state index contributed by atoms with van der Waals surface area (Å²) in [7, 11) is 3.96. The number of nitrogens with one attached hydrogen (secondary N) is 1. The molecule has 3 rings (SSSR count). The van der Waals surface area contributed by atoms with E-state index in [2.05, 4.69) is 5.32 Å². The number of hydrogen-bond donors (Lipinski definition) is 2. The number of carbonyl (C=O) groups is 2. The highest BCUT2D eigenvalue weighted by molar-refractivity contribution is 6.02. The van der Waals surface area contributed by atoms with E-state index in [0.29, 0.717) is 56.1 Å². The molecule has 2 heterocycles. The minimum atomic E-state index is -0.318. The Kier molecular flexibility index (Phi) is 7.91. The normalized spacial score (nSPS) is 23.5. The zero-order chi connectivity index (χ0) is 22.5. The van der Waals surface area contributed by atoms with Gasteiger partial charge in [-0.1, -0.05) is 13.0 Å². The molecule has 8 nitrogen and oxygen atoms in total. The monoisotopic (exact) mass is 433 g/mol. The van der Waals surface area contributed by atoms with E-state index in [1.807, 2.05) is 32.8 Å². The lowest BCUT2D eigenvalue weighted by atomic mass is 9.98. The van der Waals surface area contributed by atoms with Gasteiger partial charge in [-0.2, -0.15) is 0 Å². The second kappa shape index (κ2) is 10.4. The van der Waals surface area contributed by atoms with Crippen molar-refractivity contribution in [2.24, 2.45) is 11.8 Å². The Balaban J connectivity index is 1.97. The van der Waals surface area contributed by atoms with E-state index in [-0.39, 0.29) is 42.4 Å². The van der Waals surface area contributed by atoms with Crippen LogP contribution < -0.4 is 10.1 Å². The number of amides is 2. The summed E-state index contributed by atoms with van der Waals surface area (Å²) in [6, 6.07) is 4.94. The summed E-state index contributed by atoms with van der Waals surface area (Å²) in [6.45, 7) is 6.08. The molecule has 2 aliphatic heterocycles. The number of fused-ring (bicyclic) bond motifs is 1. The molecule has 0 unspecified atom stereocenters. The van der Waals surface area contributed by atoms with E-state index in [1.54, 1.807) is 23.1 Å². The Labute approximate surface area is 184 Å². The van der Waals surface area contributed by atoms with Crippen molar-refractivity contribution < 1.29 is 24.2 Å². The van der Waals surface area contributed by atoms with Crippen LogP contribution in [0.4, 0.5) is 5.69 Å². The molecule has 3 atom stereocenters. The predicted octanol–water partition coefficient (Wildman–Crippen LogP) is 1.83. The number of likely N-dealkylation sites (N-methyl/N-ethyl adjacent to an activating group) is 1. The fourth-order valence-corrected chi connectivity index (χ4v) is 4.11. The van der Waals surface area contributed by atoms with E-state index in [1.165, 1.54) is 0 Å². The molecule has 0 spiro atoms. The Morgan fingerprint density at radius 1 is 1.32 bits per heavy atom. The van der Waals surface area contributed by atoms with Crippen LogP contribution in [0.1, 0.15) is 37.0 Å². The number of aliphatic hydroxyl groups excluding tert-OH is 1. The predicted molar refractivity (Wildman–Crippen MR) is 118 cm³/mol. The molecule has 0 aliphatic carbocycles. The van der Waals surface area contributed by atoms with Gasteiger partial charge in [-0.3, -0.25) is 9.59 Å². The van der Waals surface area contributed by atoms with Crippen molar-refractivity contribution in [1.82, 2.24) is 9.80 Å². The minimum Gasteiger partial charge on any atom is -0.486 e. The Hall–Kier alpha value is -2.16. The summed E-state index contributed by atoms with van der Waals surface area (Å²) in [6.07, 6.45) is 1.18. The van der Waals surface area contributed by atoms with E-state index in [0.717, 1.165) is 0 Å². The van der Waals surface area contributed by atoms with Gasteiger partial charge >= 0.3 is 0 Å². The molecule has 1 aromatic rings. The Morgan fingerprint density at radius 2 is 2.03 bits per heavy atom. The van der Waals surface area contributed by atoms with E-state index in [4.69, 9.17) is 9.47 Å². The largest absolute Gasteiger partial charge is 0.486 e. The molecular weight excluding hydrogens is 398 g/mol. The van der Waals surface area contributed by atoms with E-state index < -0.39 is 0 Å².